The maximum absolute atomic E-state index is 11.7. The number of alkyl halides is 3. The molecule has 0 radical (unpaired) electrons. The Labute approximate surface area is 105 Å². The number of carbonyl (C=O) groups is 1. The van der Waals surface area contributed by atoms with Crippen molar-refractivity contribution in [2.24, 2.45) is 5.92 Å². The third kappa shape index (κ3) is 10.3. The molecule has 18 heavy (non-hydrogen) atoms. The monoisotopic (exact) mass is 271 g/mol. The highest BCUT2D eigenvalue weighted by molar-refractivity contribution is 5.77. The molecular weight excluding hydrogens is 251 g/mol. The van der Waals surface area contributed by atoms with E-state index in [0.29, 0.717) is 13.0 Å². The van der Waals surface area contributed by atoms with Crippen LogP contribution in [0.1, 0.15) is 26.2 Å². The average molecular weight is 271 g/mol. The van der Waals surface area contributed by atoms with E-state index in [1.54, 1.807) is 0 Å². The summed E-state index contributed by atoms with van der Waals surface area (Å²) in [7, 11) is 0. The predicted molar refractivity (Wildman–Crippen MR) is 60.0 cm³/mol. The molecule has 7 heteroatoms. The first-order valence-electron chi connectivity index (χ1n) is 5.91. The third-order valence-electron chi connectivity index (χ3n) is 2.32. The zero-order valence-corrected chi connectivity index (χ0v) is 10.4. The Balaban J connectivity index is 3.73. The van der Waals surface area contributed by atoms with E-state index in [1.165, 1.54) is 0 Å². The summed E-state index contributed by atoms with van der Waals surface area (Å²) in [5.41, 5.74) is 0. The quantitative estimate of drug-likeness (QED) is 0.668. The molecular formula is C11H20F3NO3. The molecule has 0 aromatic heterocycles. The molecule has 1 unspecified atom stereocenters. The van der Waals surface area contributed by atoms with Crippen LogP contribution in [-0.2, 0) is 9.53 Å². The van der Waals surface area contributed by atoms with Gasteiger partial charge in [0.2, 0.25) is 5.91 Å². The minimum Gasteiger partial charge on any atom is -0.396 e. The number of ether oxygens (including phenoxy) is 1. The average Bonchev–Trinajstić information content (AvgIpc) is 2.25. The van der Waals surface area contributed by atoms with E-state index < -0.39 is 25.3 Å². The molecule has 0 aromatic rings. The van der Waals surface area contributed by atoms with Crippen LogP contribution in [0.2, 0.25) is 0 Å². The third-order valence-corrected chi connectivity index (χ3v) is 2.32. The lowest BCUT2D eigenvalue weighted by Gasteiger charge is -2.15. The summed E-state index contributed by atoms with van der Waals surface area (Å²) in [5.74, 6) is -0.426. The highest BCUT2D eigenvalue weighted by Gasteiger charge is 2.27. The molecule has 0 aliphatic carbocycles. The summed E-state index contributed by atoms with van der Waals surface area (Å²) >= 11 is 0. The topological polar surface area (TPSA) is 58.6 Å². The van der Waals surface area contributed by atoms with Gasteiger partial charge in [-0.2, -0.15) is 13.2 Å². The van der Waals surface area contributed by atoms with Crippen molar-refractivity contribution in [1.82, 2.24) is 5.32 Å². The van der Waals surface area contributed by atoms with Gasteiger partial charge in [0.05, 0.1) is 0 Å². The van der Waals surface area contributed by atoms with Crippen molar-refractivity contribution < 1.29 is 27.8 Å². The number of rotatable bonds is 9. The van der Waals surface area contributed by atoms with E-state index in [0.717, 1.165) is 12.8 Å². The lowest BCUT2D eigenvalue weighted by Crippen LogP contribution is -2.33. The van der Waals surface area contributed by atoms with E-state index in [-0.39, 0.29) is 12.5 Å². The molecule has 0 saturated carbocycles. The van der Waals surface area contributed by atoms with Crippen LogP contribution in [0.15, 0.2) is 0 Å². The fourth-order valence-corrected chi connectivity index (χ4v) is 1.51. The van der Waals surface area contributed by atoms with Crippen LogP contribution in [-0.4, -0.2) is 43.6 Å². The lowest BCUT2D eigenvalue weighted by molar-refractivity contribution is -0.175. The van der Waals surface area contributed by atoms with E-state index in [9.17, 15) is 18.0 Å². The number of hydrogen-bond acceptors (Lipinski definition) is 3. The van der Waals surface area contributed by atoms with Crippen LogP contribution in [0.5, 0.6) is 0 Å². The van der Waals surface area contributed by atoms with Gasteiger partial charge in [0.25, 0.3) is 0 Å². The minimum atomic E-state index is -4.41. The second kappa shape index (κ2) is 9.16. The van der Waals surface area contributed by atoms with Gasteiger partial charge in [-0.05, 0) is 18.8 Å². The number of amides is 1. The summed E-state index contributed by atoms with van der Waals surface area (Å²) in [4.78, 5) is 11.2. The van der Waals surface area contributed by atoms with Crippen molar-refractivity contribution in [1.29, 1.82) is 0 Å². The zero-order chi connectivity index (χ0) is 14.0. The second-order valence-corrected chi connectivity index (χ2v) is 4.08. The van der Waals surface area contributed by atoms with Gasteiger partial charge in [-0.15, -0.1) is 0 Å². The number of halogens is 3. The van der Waals surface area contributed by atoms with Gasteiger partial charge in [-0.3, -0.25) is 4.79 Å². The van der Waals surface area contributed by atoms with Crippen molar-refractivity contribution in [2.75, 3.05) is 26.4 Å². The molecule has 0 aliphatic heterocycles. The first-order valence-corrected chi connectivity index (χ1v) is 5.91. The fraction of sp³-hybridized carbons (Fsp3) is 0.909. The largest absolute Gasteiger partial charge is 0.411 e. The molecule has 1 atom stereocenters. The Morgan fingerprint density at radius 1 is 1.39 bits per heavy atom. The summed E-state index contributed by atoms with van der Waals surface area (Å²) < 4.78 is 39.4. The molecule has 0 aliphatic rings. The fourth-order valence-electron chi connectivity index (χ4n) is 1.51. The van der Waals surface area contributed by atoms with Crippen LogP contribution in [0, 0.1) is 5.92 Å². The van der Waals surface area contributed by atoms with E-state index in [4.69, 9.17) is 5.11 Å². The van der Waals surface area contributed by atoms with Crippen LogP contribution in [0.3, 0.4) is 0 Å². The van der Waals surface area contributed by atoms with E-state index >= 15 is 0 Å². The van der Waals surface area contributed by atoms with Gasteiger partial charge < -0.3 is 15.2 Å². The standard InChI is InChI=1S/C11H20F3NO3/c1-2-3-9(4-5-16)6-15-10(17)7-18-8-11(12,13)14/h9,16H,2-8H2,1H3,(H,15,17). The normalized spacial score (nSPS) is 13.4. The van der Waals surface area contributed by atoms with Crippen LogP contribution in [0.4, 0.5) is 13.2 Å². The van der Waals surface area contributed by atoms with Gasteiger partial charge in [0, 0.05) is 13.2 Å². The van der Waals surface area contributed by atoms with E-state index in [2.05, 4.69) is 10.1 Å². The van der Waals surface area contributed by atoms with Gasteiger partial charge in [-0.1, -0.05) is 13.3 Å². The molecule has 0 aromatic carbocycles. The highest BCUT2D eigenvalue weighted by Crippen LogP contribution is 2.14. The molecule has 0 fully saturated rings. The van der Waals surface area contributed by atoms with Crippen LogP contribution in [0.25, 0.3) is 0 Å². The highest BCUT2D eigenvalue weighted by atomic mass is 19.4. The molecule has 0 spiro atoms. The number of aliphatic hydroxyl groups is 1. The smallest absolute Gasteiger partial charge is 0.396 e. The molecule has 0 heterocycles. The number of nitrogens with one attached hydrogen (secondary N) is 1. The van der Waals surface area contributed by atoms with Gasteiger partial charge in [-0.25, -0.2) is 0 Å². The zero-order valence-electron chi connectivity index (χ0n) is 10.4. The Morgan fingerprint density at radius 3 is 2.56 bits per heavy atom. The summed E-state index contributed by atoms with van der Waals surface area (Å²) in [5, 5.41) is 11.3. The summed E-state index contributed by atoms with van der Waals surface area (Å²) in [6.45, 7) is 0.347. The van der Waals surface area contributed by atoms with Gasteiger partial charge in [0.15, 0.2) is 0 Å². The molecule has 4 nitrogen and oxygen atoms in total. The van der Waals surface area contributed by atoms with Gasteiger partial charge in [0.1, 0.15) is 13.2 Å². The Morgan fingerprint density at radius 2 is 2.06 bits per heavy atom. The van der Waals surface area contributed by atoms with Crippen LogP contribution < -0.4 is 5.32 Å². The molecule has 2 N–H and O–H groups in total. The summed E-state index contributed by atoms with van der Waals surface area (Å²) in [6.07, 6.45) is -2.07. The van der Waals surface area contributed by atoms with Crippen molar-refractivity contribution in [3.8, 4) is 0 Å². The first kappa shape index (κ1) is 17.2. The molecule has 0 rings (SSSR count). The molecule has 0 saturated heterocycles. The Bertz CT molecular complexity index is 228. The van der Waals surface area contributed by atoms with Crippen molar-refractivity contribution in [2.45, 2.75) is 32.4 Å². The Kier molecular flexibility index (Phi) is 8.74. The maximum Gasteiger partial charge on any atom is 0.411 e. The SMILES string of the molecule is CCCC(CCO)CNC(=O)COCC(F)(F)F. The maximum atomic E-state index is 11.7. The first-order chi connectivity index (χ1) is 8.39. The number of aliphatic hydroxyl groups excluding tert-OH is 1. The van der Waals surface area contributed by atoms with Crippen molar-refractivity contribution in [3.05, 3.63) is 0 Å². The van der Waals surface area contributed by atoms with Gasteiger partial charge >= 0.3 is 6.18 Å². The molecule has 1 amide bonds. The molecule has 0 bridgehead atoms. The number of hydrogen-bond donors (Lipinski definition) is 2. The minimum absolute atomic E-state index is 0.0328. The van der Waals surface area contributed by atoms with Crippen LogP contribution >= 0.6 is 0 Å². The van der Waals surface area contributed by atoms with E-state index in [1.807, 2.05) is 6.92 Å². The van der Waals surface area contributed by atoms with Crippen molar-refractivity contribution in [3.63, 3.8) is 0 Å². The Hall–Kier alpha value is -0.820. The predicted octanol–water partition coefficient (Wildman–Crippen LogP) is 1.48. The lowest BCUT2D eigenvalue weighted by atomic mass is 10.0. The summed E-state index contributed by atoms with van der Waals surface area (Å²) in [6, 6.07) is 0. The number of carbonyl (C=O) groups excluding carboxylic acids is 1. The second-order valence-electron chi connectivity index (χ2n) is 4.08. The molecule has 108 valence electrons. The van der Waals surface area contributed by atoms with Crippen molar-refractivity contribution >= 4 is 5.91 Å².